The summed E-state index contributed by atoms with van der Waals surface area (Å²) < 4.78 is 0. The molecule has 0 aromatic carbocycles. The van der Waals surface area contributed by atoms with Crippen LogP contribution in [-0.2, 0) is 4.79 Å². The Kier molecular flexibility index (Phi) is 32.9. The molecule has 0 heterocycles. The molecular formula is C36H70O. The van der Waals surface area contributed by atoms with Crippen LogP contribution in [0.2, 0.25) is 0 Å². The third-order valence-electron chi connectivity index (χ3n) is 8.08. The van der Waals surface area contributed by atoms with E-state index in [2.05, 4.69) is 6.92 Å². The second-order valence-corrected chi connectivity index (χ2v) is 12.1. The van der Waals surface area contributed by atoms with Crippen LogP contribution in [0.4, 0.5) is 0 Å². The van der Waals surface area contributed by atoms with E-state index < -0.39 is 0 Å². The van der Waals surface area contributed by atoms with Gasteiger partial charge in [0.15, 0.2) is 5.78 Å². The van der Waals surface area contributed by atoms with E-state index in [1.165, 1.54) is 193 Å². The average Bonchev–Trinajstić information content (AvgIpc) is 2.89. The molecule has 1 heteroatoms. The molecule has 0 N–H and O–H groups in total. The molecule has 0 aliphatic rings. The molecule has 1 nitrogen and oxygen atoms in total. The van der Waals surface area contributed by atoms with Crippen molar-refractivity contribution in [1.82, 2.24) is 0 Å². The Balaban J connectivity index is 3.04. The van der Waals surface area contributed by atoms with Gasteiger partial charge in [0.05, 0.1) is 0 Å². The van der Waals surface area contributed by atoms with Gasteiger partial charge >= 0.3 is 0 Å². The van der Waals surface area contributed by atoms with Crippen LogP contribution < -0.4 is 0 Å². The van der Waals surface area contributed by atoms with Crippen LogP contribution in [0, 0.1) is 0 Å². The Morgan fingerprint density at radius 1 is 0.378 bits per heavy atom. The summed E-state index contributed by atoms with van der Waals surface area (Å²) in [6.07, 6.45) is 48.2. The minimum absolute atomic E-state index is 0.172. The zero-order chi connectivity index (χ0) is 26.9. The molecule has 0 rings (SSSR count). The highest BCUT2D eigenvalue weighted by Gasteiger charge is 1.97. The Labute approximate surface area is 235 Å². The molecule has 0 aliphatic heterocycles. The minimum atomic E-state index is 0.172. The molecule has 0 bridgehead atoms. The molecule has 220 valence electrons. The van der Waals surface area contributed by atoms with Gasteiger partial charge in [0.2, 0.25) is 0 Å². The third-order valence-corrected chi connectivity index (χ3v) is 8.08. The van der Waals surface area contributed by atoms with E-state index >= 15 is 0 Å². The SMILES string of the molecule is CCCCCCCCCCCCCCCCCCCCCCCCCCCCCCCCC=CC(C)=O. The first-order valence-electron chi connectivity index (χ1n) is 17.4. The Bertz CT molecular complexity index is 452. The minimum Gasteiger partial charge on any atom is -0.295 e. The second-order valence-electron chi connectivity index (χ2n) is 12.1. The Hall–Kier alpha value is -0.590. The maximum absolute atomic E-state index is 10.8. The summed E-state index contributed by atoms with van der Waals surface area (Å²) in [5, 5.41) is 0. The Morgan fingerprint density at radius 2 is 0.595 bits per heavy atom. The van der Waals surface area contributed by atoms with Crippen molar-refractivity contribution in [1.29, 1.82) is 0 Å². The fourth-order valence-electron chi connectivity index (χ4n) is 5.53. The highest BCUT2D eigenvalue weighted by molar-refractivity contribution is 5.87. The van der Waals surface area contributed by atoms with E-state index in [0.29, 0.717) is 0 Å². The molecule has 0 aromatic rings. The van der Waals surface area contributed by atoms with Gasteiger partial charge in [-0.25, -0.2) is 0 Å². The highest BCUT2D eigenvalue weighted by atomic mass is 16.1. The van der Waals surface area contributed by atoms with Crippen LogP contribution in [0.3, 0.4) is 0 Å². The summed E-state index contributed by atoms with van der Waals surface area (Å²) in [7, 11) is 0. The van der Waals surface area contributed by atoms with Crippen LogP contribution in [-0.4, -0.2) is 5.78 Å². The number of carbonyl (C=O) groups is 1. The fraction of sp³-hybridized carbons (Fsp3) is 0.917. The summed E-state index contributed by atoms with van der Waals surface area (Å²) in [5.41, 5.74) is 0. The predicted molar refractivity (Wildman–Crippen MR) is 169 cm³/mol. The van der Waals surface area contributed by atoms with Gasteiger partial charge in [-0.15, -0.1) is 0 Å². The molecule has 0 saturated carbocycles. The van der Waals surface area contributed by atoms with Gasteiger partial charge < -0.3 is 0 Å². The summed E-state index contributed by atoms with van der Waals surface area (Å²) in [5.74, 6) is 0.172. The van der Waals surface area contributed by atoms with Crippen LogP contribution in [0.15, 0.2) is 12.2 Å². The van der Waals surface area contributed by atoms with Crippen LogP contribution in [0.25, 0.3) is 0 Å². The molecule has 0 fully saturated rings. The fourth-order valence-corrected chi connectivity index (χ4v) is 5.53. The third kappa shape index (κ3) is 35.4. The van der Waals surface area contributed by atoms with Crippen molar-refractivity contribution in [3.8, 4) is 0 Å². The summed E-state index contributed by atoms with van der Waals surface area (Å²) in [4.78, 5) is 10.8. The lowest BCUT2D eigenvalue weighted by Crippen LogP contribution is -1.85. The predicted octanol–water partition coefficient (Wildman–Crippen LogP) is 13.2. The number of hydrogen-bond donors (Lipinski definition) is 0. The number of carbonyl (C=O) groups excluding carboxylic acids is 1. The Morgan fingerprint density at radius 3 is 0.811 bits per heavy atom. The summed E-state index contributed by atoms with van der Waals surface area (Å²) in [6, 6.07) is 0. The second kappa shape index (κ2) is 33.4. The van der Waals surface area contributed by atoms with E-state index in [0.717, 1.165) is 6.42 Å². The molecule has 37 heavy (non-hydrogen) atoms. The number of ketones is 1. The molecule has 0 aromatic heterocycles. The van der Waals surface area contributed by atoms with Gasteiger partial charge in [-0.1, -0.05) is 199 Å². The number of allylic oxidation sites excluding steroid dienone is 2. The van der Waals surface area contributed by atoms with Gasteiger partial charge in [0, 0.05) is 0 Å². The lowest BCUT2D eigenvalue weighted by Gasteiger charge is -2.04. The molecular weight excluding hydrogens is 448 g/mol. The van der Waals surface area contributed by atoms with Crippen molar-refractivity contribution in [2.24, 2.45) is 0 Å². The number of unbranched alkanes of at least 4 members (excludes halogenated alkanes) is 30. The lowest BCUT2D eigenvalue weighted by atomic mass is 10.0. The average molecular weight is 519 g/mol. The molecule has 0 unspecified atom stereocenters. The number of hydrogen-bond acceptors (Lipinski definition) is 1. The molecule has 0 radical (unpaired) electrons. The summed E-state index contributed by atoms with van der Waals surface area (Å²) >= 11 is 0. The van der Waals surface area contributed by atoms with Gasteiger partial charge in [-0.2, -0.15) is 0 Å². The maximum atomic E-state index is 10.8. The molecule has 0 spiro atoms. The molecule has 0 aliphatic carbocycles. The first-order chi connectivity index (χ1) is 18.3. The van der Waals surface area contributed by atoms with E-state index in [9.17, 15) is 4.79 Å². The lowest BCUT2D eigenvalue weighted by molar-refractivity contribution is -0.112. The van der Waals surface area contributed by atoms with Gasteiger partial charge in [-0.05, 0) is 25.8 Å². The molecule has 0 amide bonds. The van der Waals surface area contributed by atoms with Crippen molar-refractivity contribution in [3.05, 3.63) is 12.2 Å². The zero-order valence-corrected chi connectivity index (χ0v) is 26.0. The van der Waals surface area contributed by atoms with Gasteiger partial charge in [0.1, 0.15) is 0 Å². The topological polar surface area (TPSA) is 17.1 Å². The van der Waals surface area contributed by atoms with Crippen LogP contribution in [0.5, 0.6) is 0 Å². The van der Waals surface area contributed by atoms with Crippen LogP contribution in [0.1, 0.15) is 213 Å². The normalized spacial score (nSPS) is 11.6. The van der Waals surface area contributed by atoms with Crippen molar-refractivity contribution in [3.63, 3.8) is 0 Å². The van der Waals surface area contributed by atoms with Crippen molar-refractivity contribution in [2.45, 2.75) is 213 Å². The van der Waals surface area contributed by atoms with Crippen LogP contribution >= 0.6 is 0 Å². The van der Waals surface area contributed by atoms with Gasteiger partial charge in [0.25, 0.3) is 0 Å². The molecule has 0 saturated heterocycles. The highest BCUT2D eigenvalue weighted by Crippen LogP contribution is 2.16. The van der Waals surface area contributed by atoms with Gasteiger partial charge in [-0.3, -0.25) is 4.79 Å². The number of rotatable bonds is 32. The first kappa shape index (κ1) is 36.4. The van der Waals surface area contributed by atoms with E-state index in [1.54, 1.807) is 13.0 Å². The summed E-state index contributed by atoms with van der Waals surface area (Å²) in [6.45, 7) is 3.93. The quantitative estimate of drug-likeness (QED) is 0.0639. The monoisotopic (exact) mass is 519 g/mol. The maximum Gasteiger partial charge on any atom is 0.152 e. The molecule has 0 atom stereocenters. The van der Waals surface area contributed by atoms with E-state index in [-0.39, 0.29) is 5.78 Å². The van der Waals surface area contributed by atoms with Crippen molar-refractivity contribution >= 4 is 5.78 Å². The van der Waals surface area contributed by atoms with Crippen molar-refractivity contribution < 1.29 is 4.79 Å². The van der Waals surface area contributed by atoms with Crippen molar-refractivity contribution in [2.75, 3.05) is 0 Å². The largest absolute Gasteiger partial charge is 0.295 e. The zero-order valence-electron chi connectivity index (χ0n) is 26.0. The smallest absolute Gasteiger partial charge is 0.152 e. The first-order valence-corrected chi connectivity index (χ1v) is 17.4. The van der Waals surface area contributed by atoms with E-state index in [4.69, 9.17) is 0 Å². The standard InChI is InChI=1S/C36H70O/c1-3-4-5-6-7-8-9-10-11-12-13-14-15-16-17-18-19-20-21-22-23-24-25-26-27-28-29-30-31-32-33-34-35-36(2)37/h34-35H,3-33H2,1-2H3. The van der Waals surface area contributed by atoms with E-state index in [1.807, 2.05) is 6.08 Å².